The molecule has 14 heteroatoms. The molecule has 6 atom stereocenters. The number of ether oxygens (including phenoxy) is 1. The van der Waals surface area contributed by atoms with Crippen molar-refractivity contribution in [2.24, 2.45) is 28.0 Å². The van der Waals surface area contributed by atoms with Crippen LogP contribution in [0.2, 0.25) is 0 Å². The number of hydrogen-bond donors (Lipinski definition) is 1. The summed E-state index contributed by atoms with van der Waals surface area (Å²) in [5.41, 5.74) is 4.19. The second kappa shape index (κ2) is 14.5. The lowest BCUT2D eigenvalue weighted by Gasteiger charge is -2.50. The van der Waals surface area contributed by atoms with Crippen LogP contribution in [0.3, 0.4) is 0 Å². The van der Waals surface area contributed by atoms with Gasteiger partial charge in [-0.15, -0.1) is 23.2 Å². The van der Waals surface area contributed by atoms with E-state index in [-0.39, 0.29) is 42.1 Å². The van der Waals surface area contributed by atoms with E-state index < -0.39 is 51.1 Å². The summed E-state index contributed by atoms with van der Waals surface area (Å²) in [5.74, 6) is -5.63. The number of fused-ring (bicyclic) bond motifs is 4. The van der Waals surface area contributed by atoms with E-state index >= 15 is 0 Å². The maximum absolute atomic E-state index is 14.5. The number of aromatic hydroxyl groups is 1. The van der Waals surface area contributed by atoms with Gasteiger partial charge in [-0.25, -0.2) is 0 Å². The lowest BCUT2D eigenvalue weighted by atomic mass is 9.56. The third-order valence-corrected chi connectivity index (χ3v) is 13.2. The summed E-state index contributed by atoms with van der Waals surface area (Å²) in [6, 6.07) is 28.5. The predicted molar refractivity (Wildman–Crippen MR) is 216 cm³/mol. The van der Waals surface area contributed by atoms with E-state index in [0.29, 0.717) is 28.4 Å². The van der Waals surface area contributed by atoms with Gasteiger partial charge in [0.2, 0.25) is 11.8 Å². The molecule has 0 radical (unpaired) electrons. The zero-order valence-electron chi connectivity index (χ0n) is 30.3. The molecule has 2 aliphatic heterocycles. The molecule has 4 aliphatic rings. The van der Waals surface area contributed by atoms with Crippen LogP contribution in [0, 0.1) is 17.8 Å². The smallest absolute Gasteiger partial charge is 0.254 e. The molecule has 0 unspecified atom stereocenters. The largest absolute Gasteiger partial charge is 0.508 e. The molecule has 56 heavy (non-hydrogen) atoms. The van der Waals surface area contributed by atoms with Crippen molar-refractivity contribution in [3.8, 4) is 11.5 Å². The number of hydrogen-bond acceptors (Lipinski definition) is 9. The molecule has 1 saturated carbocycles. The Labute approximate surface area is 341 Å². The summed E-state index contributed by atoms with van der Waals surface area (Å²) in [7, 11) is 3.91. The number of carbonyl (C=O) groups excluding carboxylic acids is 4. The minimum absolute atomic E-state index is 0.155. The maximum atomic E-state index is 14.5. The SMILES string of the molecule is CN(C)c1ccc(N=Nc2ccc(N3C(=O)[C@H]4[C@H](CC=C5[C@H]4C[C@@]4(Cl)C(=O)N(CBr)C(=O)[C@@]4(Cl)[C@H]5c4ccc(OCc5ccccc5)cc4O)C3=O)cc2)cc1. The molecule has 2 saturated heterocycles. The van der Waals surface area contributed by atoms with Crippen LogP contribution < -0.4 is 14.5 Å². The Morgan fingerprint density at radius 3 is 2.14 bits per heavy atom. The summed E-state index contributed by atoms with van der Waals surface area (Å²) in [5, 5.41) is 20.2. The Hall–Kier alpha value is -5.04. The van der Waals surface area contributed by atoms with Gasteiger partial charge in [-0.3, -0.25) is 29.0 Å². The number of benzene rings is 4. The molecule has 0 spiro atoms. The van der Waals surface area contributed by atoms with Gasteiger partial charge in [0, 0.05) is 37.3 Å². The Bertz CT molecular complexity index is 2310. The summed E-state index contributed by atoms with van der Waals surface area (Å²) < 4.78 is 5.95. The second-order valence-corrected chi connectivity index (χ2v) is 16.4. The molecule has 286 valence electrons. The van der Waals surface area contributed by atoms with Gasteiger partial charge in [-0.05, 0) is 78.9 Å². The molecule has 0 aromatic heterocycles. The maximum Gasteiger partial charge on any atom is 0.254 e. The average Bonchev–Trinajstić information content (AvgIpc) is 3.54. The van der Waals surface area contributed by atoms with Crippen molar-refractivity contribution < 1.29 is 29.0 Å². The second-order valence-electron chi connectivity index (χ2n) is 14.6. The number of amides is 4. The highest BCUT2D eigenvalue weighted by atomic mass is 79.9. The van der Waals surface area contributed by atoms with Gasteiger partial charge < -0.3 is 14.7 Å². The third kappa shape index (κ3) is 6.00. The standard InChI is InChI=1S/C42H36BrCl2N5O6/c1-48(2)27-12-8-25(9-13-27)46-47-26-10-14-28(15-11-26)50-37(52)32-19-18-30-33(35(32)38(50)53)21-41(44)39(54)49(23-43)40(55)42(41,45)36(30)31-17-16-29(20-34(31)51)56-22-24-6-4-3-5-7-24/h3-18,20,32-33,35-36,51H,19,21-23H2,1-2H3/t32-,33+,35-,36+,41+,42-/m0/s1. The number of phenolic OH excluding ortho intramolecular Hbond substituents is 1. The highest BCUT2D eigenvalue weighted by Gasteiger charge is 2.76. The van der Waals surface area contributed by atoms with E-state index in [1.54, 1.807) is 36.4 Å². The van der Waals surface area contributed by atoms with Crippen LogP contribution in [0.4, 0.5) is 22.7 Å². The molecule has 4 amide bonds. The number of nitrogens with zero attached hydrogens (tertiary/aromatic N) is 5. The van der Waals surface area contributed by atoms with Gasteiger partial charge in [0.15, 0.2) is 9.75 Å². The zero-order chi connectivity index (χ0) is 39.5. The van der Waals surface area contributed by atoms with Gasteiger partial charge in [0.05, 0.1) is 34.4 Å². The summed E-state index contributed by atoms with van der Waals surface area (Å²) >= 11 is 18.0. The van der Waals surface area contributed by atoms with E-state index in [0.717, 1.165) is 16.2 Å². The van der Waals surface area contributed by atoms with Crippen molar-refractivity contribution in [2.45, 2.75) is 35.1 Å². The van der Waals surface area contributed by atoms with Gasteiger partial charge in [-0.2, -0.15) is 10.2 Å². The lowest BCUT2D eigenvalue weighted by molar-refractivity contribution is -0.138. The monoisotopic (exact) mass is 855 g/mol. The molecular weight excluding hydrogens is 821 g/mol. The van der Waals surface area contributed by atoms with Gasteiger partial charge in [0.1, 0.15) is 18.1 Å². The summed E-state index contributed by atoms with van der Waals surface area (Å²) in [6.45, 7) is 0.252. The Kier molecular flexibility index (Phi) is 9.79. The Balaban J connectivity index is 1.11. The van der Waals surface area contributed by atoms with Crippen LogP contribution >= 0.6 is 39.1 Å². The van der Waals surface area contributed by atoms with Crippen LogP contribution in [0.5, 0.6) is 11.5 Å². The number of allylic oxidation sites excluding steroid dienone is 2. The molecule has 11 nitrogen and oxygen atoms in total. The number of azo groups is 1. The normalized spacial score (nSPS) is 27.0. The first-order chi connectivity index (χ1) is 26.9. The highest BCUT2D eigenvalue weighted by molar-refractivity contribution is 9.09. The van der Waals surface area contributed by atoms with Crippen LogP contribution in [0.15, 0.2) is 119 Å². The molecule has 4 aromatic carbocycles. The molecule has 2 heterocycles. The van der Waals surface area contributed by atoms with Crippen molar-refractivity contribution in [3.63, 3.8) is 0 Å². The third-order valence-electron chi connectivity index (χ3n) is 11.3. The van der Waals surface area contributed by atoms with E-state index in [1.807, 2.05) is 79.7 Å². The van der Waals surface area contributed by atoms with E-state index in [9.17, 15) is 24.3 Å². The van der Waals surface area contributed by atoms with Crippen molar-refractivity contribution >= 4 is 85.5 Å². The number of rotatable bonds is 9. The van der Waals surface area contributed by atoms with E-state index in [4.69, 9.17) is 27.9 Å². The van der Waals surface area contributed by atoms with Crippen LogP contribution in [-0.2, 0) is 25.8 Å². The van der Waals surface area contributed by atoms with Crippen molar-refractivity contribution in [3.05, 3.63) is 120 Å². The Morgan fingerprint density at radius 2 is 1.52 bits per heavy atom. The van der Waals surface area contributed by atoms with Crippen LogP contribution in [0.1, 0.15) is 29.9 Å². The molecule has 4 aromatic rings. The van der Waals surface area contributed by atoms with Crippen LogP contribution in [0.25, 0.3) is 0 Å². The summed E-state index contributed by atoms with van der Waals surface area (Å²) in [6.07, 6.45) is 1.84. The fourth-order valence-electron chi connectivity index (χ4n) is 8.55. The van der Waals surface area contributed by atoms with Crippen molar-refractivity contribution in [1.29, 1.82) is 0 Å². The highest BCUT2D eigenvalue weighted by Crippen LogP contribution is 2.66. The van der Waals surface area contributed by atoms with Gasteiger partial charge >= 0.3 is 0 Å². The Morgan fingerprint density at radius 1 is 0.857 bits per heavy atom. The van der Waals surface area contributed by atoms with E-state index in [1.165, 1.54) is 11.0 Å². The van der Waals surface area contributed by atoms with Gasteiger partial charge in [-0.1, -0.05) is 64.0 Å². The first-order valence-electron chi connectivity index (χ1n) is 18.0. The lowest BCUT2D eigenvalue weighted by Crippen LogP contribution is -2.60. The number of phenols is 1. The van der Waals surface area contributed by atoms with Crippen LogP contribution in [-0.4, -0.2) is 62.9 Å². The molecule has 2 aliphatic carbocycles. The molecule has 0 bridgehead atoms. The first kappa shape index (κ1) is 37.9. The number of anilines is 2. The minimum Gasteiger partial charge on any atom is -0.508 e. The predicted octanol–water partition coefficient (Wildman–Crippen LogP) is 8.37. The topological polar surface area (TPSA) is 132 Å². The quantitative estimate of drug-likeness (QED) is 0.0589. The minimum atomic E-state index is -2.05. The van der Waals surface area contributed by atoms with Crippen molar-refractivity contribution in [1.82, 2.24) is 4.90 Å². The molecule has 3 fully saturated rings. The molecule has 8 rings (SSSR count). The fourth-order valence-corrected chi connectivity index (χ4v) is 9.97. The van der Waals surface area contributed by atoms with Gasteiger partial charge in [0.25, 0.3) is 11.8 Å². The summed E-state index contributed by atoms with van der Waals surface area (Å²) in [4.78, 5) is 56.8. The number of imide groups is 2. The first-order valence-corrected chi connectivity index (χ1v) is 19.9. The molecular formula is C42H36BrCl2N5O6. The molecule has 1 N–H and O–H groups in total. The number of alkyl halides is 3. The fraction of sp³-hybridized carbons (Fsp3) is 0.286. The number of likely N-dealkylation sites (tertiary alicyclic amines) is 1. The van der Waals surface area contributed by atoms with Crippen molar-refractivity contribution in [2.75, 3.05) is 29.3 Å². The number of halogens is 3. The number of carbonyl (C=O) groups is 4. The van der Waals surface area contributed by atoms with E-state index in [2.05, 4.69) is 26.2 Å². The average molecular weight is 858 g/mol. The zero-order valence-corrected chi connectivity index (χ0v) is 33.4.